The minimum Gasteiger partial charge on any atom is -0.395 e. The molecule has 0 amide bonds. The van der Waals surface area contributed by atoms with Crippen molar-refractivity contribution in [2.45, 2.75) is 45.6 Å². The smallest absolute Gasteiger partial charge is 0.116 e. The lowest BCUT2D eigenvalue weighted by atomic mass is 10.1. The van der Waals surface area contributed by atoms with Gasteiger partial charge in [-0.2, -0.15) is 0 Å². The van der Waals surface area contributed by atoms with E-state index in [0.717, 1.165) is 43.6 Å². The normalized spacial score (nSPS) is 15.2. The molecule has 1 atom stereocenters. The zero-order valence-electron chi connectivity index (χ0n) is 11.8. The third-order valence-electron chi connectivity index (χ3n) is 3.73. The molecule has 19 heavy (non-hydrogen) atoms. The molecular formula is C15H23N3O. The maximum absolute atomic E-state index is 9.36. The molecule has 4 heteroatoms. The summed E-state index contributed by atoms with van der Waals surface area (Å²) in [6, 6.07) is 0.188. The van der Waals surface area contributed by atoms with Crippen molar-refractivity contribution in [3.05, 3.63) is 29.4 Å². The Balaban J connectivity index is 1.93. The monoisotopic (exact) mass is 261 g/mol. The van der Waals surface area contributed by atoms with E-state index in [1.807, 2.05) is 6.92 Å². The number of unbranched alkanes of at least 4 members (excludes halogenated alkanes) is 1. The molecule has 0 saturated carbocycles. The first kappa shape index (κ1) is 14.2. The minimum atomic E-state index is 0.188. The highest BCUT2D eigenvalue weighted by Gasteiger charge is 2.18. The Bertz CT molecular complexity index is 457. The molecule has 0 unspecified atom stereocenters. The molecular weight excluding hydrogens is 238 g/mol. The van der Waals surface area contributed by atoms with Gasteiger partial charge in [-0.25, -0.2) is 9.97 Å². The quantitative estimate of drug-likeness (QED) is 0.786. The van der Waals surface area contributed by atoms with E-state index in [1.54, 1.807) is 6.33 Å². The SMILES string of the molecule is CCCC[C@H](CO)NCC1=CCc2c(C)ncnc21. The summed E-state index contributed by atoms with van der Waals surface area (Å²) in [5, 5.41) is 12.8. The lowest BCUT2D eigenvalue weighted by Gasteiger charge is -2.16. The van der Waals surface area contributed by atoms with Gasteiger partial charge in [0, 0.05) is 23.8 Å². The van der Waals surface area contributed by atoms with Gasteiger partial charge in [0.15, 0.2) is 0 Å². The summed E-state index contributed by atoms with van der Waals surface area (Å²) in [6.07, 6.45) is 8.11. The zero-order chi connectivity index (χ0) is 13.7. The first-order chi connectivity index (χ1) is 9.26. The predicted octanol–water partition coefficient (Wildman–Crippen LogP) is 1.87. The van der Waals surface area contributed by atoms with Crippen LogP contribution in [0.5, 0.6) is 0 Å². The molecule has 0 saturated heterocycles. The molecule has 0 radical (unpaired) electrons. The average molecular weight is 261 g/mol. The van der Waals surface area contributed by atoms with Crippen LogP contribution >= 0.6 is 0 Å². The van der Waals surface area contributed by atoms with Crippen molar-refractivity contribution in [3.63, 3.8) is 0 Å². The number of aliphatic hydroxyl groups is 1. The zero-order valence-corrected chi connectivity index (χ0v) is 11.8. The van der Waals surface area contributed by atoms with Crippen molar-refractivity contribution in [1.82, 2.24) is 15.3 Å². The minimum absolute atomic E-state index is 0.188. The first-order valence-electron chi connectivity index (χ1n) is 7.10. The lowest BCUT2D eigenvalue weighted by molar-refractivity contribution is 0.237. The maximum atomic E-state index is 9.36. The van der Waals surface area contributed by atoms with Crippen LogP contribution in [0.2, 0.25) is 0 Å². The summed E-state index contributed by atoms with van der Waals surface area (Å²) in [5.74, 6) is 0. The summed E-state index contributed by atoms with van der Waals surface area (Å²) in [6.45, 7) is 5.17. The second-order valence-corrected chi connectivity index (χ2v) is 5.12. The van der Waals surface area contributed by atoms with Crippen LogP contribution in [0.15, 0.2) is 12.4 Å². The Hall–Kier alpha value is -1.26. The van der Waals surface area contributed by atoms with Crippen LogP contribution in [0.25, 0.3) is 5.57 Å². The van der Waals surface area contributed by atoms with E-state index >= 15 is 0 Å². The van der Waals surface area contributed by atoms with Gasteiger partial charge in [-0.15, -0.1) is 0 Å². The number of aryl methyl sites for hydroxylation is 1. The van der Waals surface area contributed by atoms with Gasteiger partial charge < -0.3 is 10.4 Å². The number of hydrogen-bond donors (Lipinski definition) is 2. The Kier molecular flexibility index (Phi) is 5.05. The van der Waals surface area contributed by atoms with Gasteiger partial charge in [-0.3, -0.25) is 0 Å². The molecule has 104 valence electrons. The van der Waals surface area contributed by atoms with Crippen molar-refractivity contribution < 1.29 is 5.11 Å². The largest absolute Gasteiger partial charge is 0.395 e. The van der Waals surface area contributed by atoms with Gasteiger partial charge >= 0.3 is 0 Å². The molecule has 2 rings (SSSR count). The molecule has 1 aliphatic rings. The number of nitrogens with one attached hydrogen (secondary N) is 1. The Labute approximate surface area is 115 Å². The number of rotatable bonds is 7. The summed E-state index contributed by atoms with van der Waals surface area (Å²) >= 11 is 0. The Morgan fingerprint density at radius 2 is 2.26 bits per heavy atom. The summed E-state index contributed by atoms with van der Waals surface area (Å²) in [5.41, 5.74) is 4.62. The molecule has 1 heterocycles. The molecule has 4 nitrogen and oxygen atoms in total. The van der Waals surface area contributed by atoms with Crippen LogP contribution in [0.4, 0.5) is 0 Å². The van der Waals surface area contributed by atoms with Crippen LogP contribution < -0.4 is 5.32 Å². The summed E-state index contributed by atoms with van der Waals surface area (Å²) < 4.78 is 0. The third-order valence-corrected chi connectivity index (χ3v) is 3.73. The second kappa shape index (κ2) is 6.78. The highest BCUT2D eigenvalue weighted by atomic mass is 16.3. The van der Waals surface area contributed by atoms with Crippen LogP contribution in [0, 0.1) is 6.92 Å². The van der Waals surface area contributed by atoms with E-state index < -0.39 is 0 Å². The van der Waals surface area contributed by atoms with Gasteiger partial charge in [-0.05, 0) is 25.3 Å². The standard InChI is InChI=1S/C15H23N3O/c1-3-4-5-13(9-19)16-8-12-6-7-14-11(2)17-10-18-15(12)14/h6,10,13,16,19H,3-5,7-9H2,1-2H3/t13-/m1/s1. The van der Waals surface area contributed by atoms with Gasteiger partial charge in [0.05, 0.1) is 12.3 Å². The van der Waals surface area contributed by atoms with Gasteiger partial charge in [0.2, 0.25) is 0 Å². The van der Waals surface area contributed by atoms with E-state index in [2.05, 4.69) is 28.3 Å². The van der Waals surface area contributed by atoms with E-state index in [1.165, 1.54) is 11.1 Å². The fraction of sp³-hybridized carbons (Fsp3) is 0.600. The van der Waals surface area contributed by atoms with Gasteiger partial charge in [-0.1, -0.05) is 25.8 Å². The molecule has 0 fully saturated rings. The van der Waals surface area contributed by atoms with E-state index in [4.69, 9.17) is 0 Å². The number of fused-ring (bicyclic) bond motifs is 1. The molecule has 0 aliphatic heterocycles. The fourth-order valence-electron chi connectivity index (χ4n) is 2.46. The van der Waals surface area contributed by atoms with Crippen LogP contribution in [-0.2, 0) is 6.42 Å². The highest BCUT2D eigenvalue weighted by molar-refractivity contribution is 5.71. The van der Waals surface area contributed by atoms with Gasteiger partial charge in [0.25, 0.3) is 0 Å². The highest BCUT2D eigenvalue weighted by Crippen LogP contribution is 2.26. The average Bonchev–Trinajstić information content (AvgIpc) is 2.84. The number of aromatic nitrogens is 2. The predicted molar refractivity (Wildman–Crippen MR) is 76.9 cm³/mol. The third kappa shape index (κ3) is 3.39. The van der Waals surface area contributed by atoms with Crippen molar-refractivity contribution in [2.75, 3.05) is 13.2 Å². The summed E-state index contributed by atoms with van der Waals surface area (Å²) in [7, 11) is 0. The number of aliphatic hydroxyl groups excluding tert-OH is 1. The topological polar surface area (TPSA) is 58.0 Å². The van der Waals surface area contributed by atoms with Crippen molar-refractivity contribution in [3.8, 4) is 0 Å². The molecule has 1 aliphatic carbocycles. The first-order valence-corrected chi connectivity index (χ1v) is 7.10. The maximum Gasteiger partial charge on any atom is 0.116 e. The Morgan fingerprint density at radius 3 is 3.00 bits per heavy atom. The van der Waals surface area contributed by atoms with Crippen molar-refractivity contribution in [2.24, 2.45) is 0 Å². The molecule has 1 aromatic heterocycles. The molecule has 0 bridgehead atoms. The number of hydrogen-bond acceptors (Lipinski definition) is 4. The fourth-order valence-corrected chi connectivity index (χ4v) is 2.46. The second-order valence-electron chi connectivity index (χ2n) is 5.12. The number of nitrogens with zero attached hydrogens (tertiary/aromatic N) is 2. The van der Waals surface area contributed by atoms with Crippen molar-refractivity contribution in [1.29, 1.82) is 0 Å². The number of allylic oxidation sites excluding steroid dienone is 1. The summed E-state index contributed by atoms with van der Waals surface area (Å²) in [4.78, 5) is 8.62. The Morgan fingerprint density at radius 1 is 1.42 bits per heavy atom. The molecule has 0 aromatic carbocycles. The van der Waals surface area contributed by atoms with Gasteiger partial charge in [0.1, 0.15) is 6.33 Å². The van der Waals surface area contributed by atoms with Crippen molar-refractivity contribution >= 4 is 5.57 Å². The van der Waals surface area contributed by atoms with E-state index in [-0.39, 0.29) is 12.6 Å². The lowest BCUT2D eigenvalue weighted by Crippen LogP contribution is -2.33. The molecule has 0 spiro atoms. The molecule has 2 N–H and O–H groups in total. The van der Waals surface area contributed by atoms with Crippen LogP contribution in [0.3, 0.4) is 0 Å². The van der Waals surface area contributed by atoms with Crippen LogP contribution in [0.1, 0.15) is 43.1 Å². The molecule has 1 aromatic rings. The van der Waals surface area contributed by atoms with Crippen LogP contribution in [-0.4, -0.2) is 34.3 Å². The van der Waals surface area contributed by atoms with E-state index in [0.29, 0.717) is 0 Å². The van der Waals surface area contributed by atoms with E-state index in [9.17, 15) is 5.11 Å².